The number of carbonyl (C=O) groups excluding carboxylic acids is 2. The largest absolute Gasteiger partial charge is 0.399 e. The maximum Gasteiger partial charge on any atom is 0.294 e. The van der Waals surface area contributed by atoms with Gasteiger partial charge in [0, 0.05) is 41.6 Å². The molecule has 1 aromatic heterocycles. The van der Waals surface area contributed by atoms with E-state index in [1.165, 1.54) is 10.8 Å². The van der Waals surface area contributed by atoms with Crippen LogP contribution < -0.4 is 38.3 Å². The van der Waals surface area contributed by atoms with E-state index < -0.39 is 5.56 Å². The third-order valence-electron chi connectivity index (χ3n) is 6.97. The second-order valence-electron chi connectivity index (χ2n) is 10.8. The molecule has 0 radical (unpaired) electrons. The fraction of sp³-hybridized carbons (Fsp3) is 0.367. The smallest absolute Gasteiger partial charge is 0.294 e. The topological polar surface area (TPSA) is 193 Å². The number of anilines is 3. The zero-order valence-electron chi connectivity index (χ0n) is 24.0. The lowest BCUT2D eigenvalue weighted by atomic mass is 9.98. The zero-order valence-corrected chi connectivity index (χ0v) is 24.0. The predicted molar refractivity (Wildman–Crippen MR) is 165 cm³/mol. The van der Waals surface area contributed by atoms with Gasteiger partial charge in [-0.1, -0.05) is 24.3 Å². The monoisotopic (exact) mass is 573 g/mol. The maximum absolute atomic E-state index is 13.5. The average Bonchev–Trinajstić information content (AvgIpc) is 2.95. The van der Waals surface area contributed by atoms with E-state index in [0.29, 0.717) is 47.7 Å². The van der Waals surface area contributed by atoms with Crippen LogP contribution >= 0.6 is 0 Å². The van der Waals surface area contributed by atoms with E-state index in [2.05, 4.69) is 26.3 Å². The number of aromatic nitrogens is 2. The zero-order chi connectivity index (χ0) is 30.2. The Kier molecular flexibility index (Phi) is 9.92. The lowest BCUT2D eigenvalue weighted by Gasteiger charge is -2.22. The third-order valence-corrected chi connectivity index (χ3v) is 6.97. The molecule has 1 fully saturated rings. The van der Waals surface area contributed by atoms with E-state index in [0.717, 1.165) is 24.9 Å². The molecular weight excluding hydrogens is 534 g/mol. The van der Waals surface area contributed by atoms with E-state index in [9.17, 15) is 14.4 Å². The molecule has 12 heteroatoms. The first-order valence-electron chi connectivity index (χ1n) is 14.1. The highest BCUT2D eigenvalue weighted by Gasteiger charge is 2.22. The van der Waals surface area contributed by atoms with Crippen molar-refractivity contribution >= 4 is 34.8 Å². The fourth-order valence-corrected chi connectivity index (χ4v) is 4.84. The second-order valence-corrected chi connectivity index (χ2v) is 10.8. The molecule has 9 N–H and O–H groups in total. The van der Waals surface area contributed by atoms with Crippen molar-refractivity contribution in [1.29, 1.82) is 5.41 Å². The number of rotatable bonds is 11. The van der Waals surface area contributed by atoms with E-state index in [1.807, 2.05) is 26.0 Å². The highest BCUT2D eigenvalue weighted by Crippen LogP contribution is 2.26. The van der Waals surface area contributed by atoms with Gasteiger partial charge < -0.3 is 32.7 Å². The van der Waals surface area contributed by atoms with Crippen LogP contribution in [0, 0.1) is 11.3 Å². The normalized spacial score (nSPS) is 14.8. The number of benzene rings is 2. The summed E-state index contributed by atoms with van der Waals surface area (Å²) >= 11 is 0. The highest BCUT2D eigenvalue weighted by atomic mass is 16.2. The van der Waals surface area contributed by atoms with Crippen LogP contribution in [0.15, 0.2) is 53.5 Å². The molecule has 0 spiro atoms. The molecule has 2 amide bonds. The summed E-state index contributed by atoms with van der Waals surface area (Å²) in [4.78, 5) is 43.7. The molecule has 12 nitrogen and oxygen atoms in total. The van der Waals surface area contributed by atoms with E-state index in [4.69, 9.17) is 16.9 Å². The second kappa shape index (κ2) is 13.8. The Hall–Kier alpha value is -4.71. The molecule has 1 atom stereocenters. The summed E-state index contributed by atoms with van der Waals surface area (Å²) in [6.45, 7) is 5.42. The van der Waals surface area contributed by atoms with E-state index in [-0.39, 0.29) is 42.0 Å². The molecule has 3 aromatic rings. The number of piperidine rings is 1. The molecular formula is C30H39N9O3. The van der Waals surface area contributed by atoms with Crippen LogP contribution in [0.1, 0.15) is 37.8 Å². The molecule has 4 rings (SSSR count). The van der Waals surface area contributed by atoms with Crippen LogP contribution in [0.5, 0.6) is 0 Å². The number of hydrogen-bond acceptors (Lipinski definition) is 8. The lowest BCUT2D eigenvalue weighted by molar-refractivity contribution is -0.122. The van der Waals surface area contributed by atoms with Crippen molar-refractivity contribution in [2.45, 2.75) is 45.7 Å². The Morgan fingerprint density at radius 1 is 1.19 bits per heavy atom. The highest BCUT2D eigenvalue weighted by molar-refractivity contribution is 5.95. The molecule has 2 heterocycles. The van der Waals surface area contributed by atoms with E-state index in [1.54, 1.807) is 30.3 Å². The van der Waals surface area contributed by atoms with Gasteiger partial charge in [0.25, 0.3) is 5.56 Å². The quantitative estimate of drug-likeness (QED) is 0.103. The van der Waals surface area contributed by atoms with Crippen LogP contribution in [0.25, 0.3) is 11.3 Å². The summed E-state index contributed by atoms with van der Waals surface area (Å²) in [5, 5.41) is 19.6. The molecule has 0 aliphatic carbocycles. The number of nitrogens with two attached hydrogens (primary N) is 2. The summed E-state index contributed by atoms with van der Waals surface area (Å²) in [7, 11) is 0. The number of nitrogens with one attached hydrogen (secondary N) is 5. The van der Waals surface area contributed by atoms with Gasteiger partial charge in [0.15, 0.2) is 5.82 Å². The minimum atomic E-state index is -0.447. The minimum absolute atomic E-state index is 0.00373. The summed E-state index contributed by atoms with van der Waals surface area (Å²) in [6.07, 6.45) is 3.84. The molecule has 0 bridgehead atoms. The van der Waals surface area contributed by atoms with Gasteiger partial charge in [0.2, 0.25) is 11.8 Å². The molecule has 1 saturated heterocycles. The van der Waals surface area contributed by atoms with Crippen molar-refractivity contribution in [3.8, 4) is 11.3 Å². The molecule has 1 aliphatic heterocycles. The third kappa shape index (κ3) is 7.94. The molecule has 1 aliphatic rings. The van der Waals surface area contributed by atoms with Crippen molar-refractivity contribution < 1.29 is 9.59 Å². The lowest BCUT2D eigenvalue weighted by Crippen LogP contribution is -2.37. The number of hydrogen-bond donors (Lipinski definition) is 7. The van der Waals surface area contributed by atoms with Crippen LogP contribution in [0.2, 0.25) is 0 Å². The van der Waals surface area contributed by atoms with E-state index >= 15 is 0 Å². The van der Waals surface area contributed by atoms with Crippen molar-refractivity contribution in [3.63, 3.8) is 0 Å². The molecule has 0 saturated carbocycles. The fourth-order valence-electron chi connectivity index (χ4n) is 4.84. The SMILES string of the molecule is CC(C)Nc1ncc(-c2cc(N)cc(NC(=O)C3CCCNC3)c2)n(CC(=O)NCCc2ccc(C(=N)N)cc2)c1=O. The summed E-state index contributed by atoms with van der Waals surface area (Å²) in [5.74, 6) is -0.449. The van der Waals surface area contributed by atoms with Gasteiger partial charge in [-0.25, -0.2) is 4.98 Å². The number of amides is 2. The standard InChI is InChI=1S/C30H39N9O3/c1-18(2)37-28-30(42)39(17-26(40)35-11-9-19-5-7-20(8-6-19)27(32)33)25(16-36-28)22-12-23(31)14-24(13-22)38-29(41)21-4-3-10-34-15-21/h5-8,12-14,16,18,21,34H,3-4,9-11,15,17,31H2,1-2H3,(H3,32,33)(H,35,40)(H,36,37)(H,38,41). The Bertz CT molecular complexity index is 1490. The summed E-state index contributed by atoms with van der Waals surface area (Å²) in [6, 6.07) is 12.3. The Balaban J connectivity index is 1.54. The minimum Gasteiger partial charge on any atom is -0.399 e. The Morgan fingerprint density at radius 2 is 1.95 bits per heavy atom. The number of nitrogens with zero attached hydrogens (tertiary/aromatic N) is 2. The van der Waals surface area contributed by atoms with Gasteiger partial charge in [0.05, 0.1) is 17.8 Å². The van der Waals surface area contributed by atoms with Gasteiger partial charge in [-0.3, -0.25) is 24.4 Å². The van der Waals surface area contributed by atoms with Crippen LogP contribution in [-0.4, -0.2) is 52.9 Å². The van der Waals surface area contributed by atoms with Crippen molar-refractivity contribution in [1.82, 2.24) is 20.2 Å². The number of amidine groups is 1. The van der Waals surface area contributed by atoms with Crippen LogP contribution in [-0.2, 0) is 22.6 Å². The van der Waals surface area contributed by atoms with Gasteiger partial charge >= 0.3 is 0 Å². The first-order valence-corrected chi connectivity index (χ1v) is 14.1. The molecule has 2 aromatic carbocycles. The summed E-state index contributed by atoms with van der Waals surface area (Å²) in [5.41, 5.74) is 14.7. The van der Waals surface area contributed by atoms with Crippen LogP contribution in [0.3, 0.4) is 0 Å². The number of nitrogen functional groups attached to an aromatic ring is 2. The molecule has 42 heavy (non-hydrogen) atoms. The van der Waals surface area contributed by atoms with Crippen molar-refractivity contribution in [2.24, 2.45) is 11.7 Å². The first kappa shape index (κ1) is 30.3. The van der Waals surface area contributed by atoms with Crippen molar-refractivity contribution in [2.75, 3.05) is 36.0 Å². The van der Waals surface area contributed by atoms with Gasteiger partial charge in [-0.15, -0.1) is 0 Å². The Labute approximate surface area is 244 Å². The number of carbonyl (C=O) groups is 2. The molecule has 222 valence electrons. The van der Waals surface area contributed by atoms with Gasteiger partial charge in [-0.05, 0) is 63.4 Å². The summed E-state index contributed by atoms with van der Waals surface area (Å²) < 4.78 is 1.36. The van der Waals surface area contributed by atoms with Gasteiger partial charge in [0.1, 0.15) is 12.4 Å². The predicted octanol–water partition coefficient (Wildman–Crippen LogP) is 1.89. The first-order chi connectivity index (χ1) is 20.1. The Morgan fingerprint density at radius 3 is 2.62 bits per heavy atom. The van der Waals surface area contributed by atoms with Crippen LogP contribution in [0.4, 0.5) is 17.2 Å². The maximum atomic E-state index is 13.5. The van der Waals surface area contributed by atoms with Gasteiger partial charge in [-0.2, -0.15) is 0 Å². The average molecular weight is 574 g/mol. The molecule has 1 unspecified atom stereocenters. The van der Waals surface area contributed by atoms with Crippen molar-refractivity contribution in [3.05, 3.63) is 70.1 Å².